The summed E-state index contributed by atoms with van der Waals surface area (Å²) in [6, 6.07) is 11.0. The van der Waals surface area contributed by atoms with Gasteiger partial charge in [0.15, 0.2) is 11.6 Å². The molecule has 2 aromatic rings. The zero-order chi connectivity index (χ0) is 21.6. The van der Waals surface area contributed by atoms with Crippen LogP contribution in [-0.4, -0.2) is 6.61 Å². The third-order valence-electron chi connectivity index (χ3n) is 5.17. The van der Waals surface area contributed by atoms with Gasteiger partial charge >= 0.3 is 0 Å². The van der Waals surface area contributed by atoms with Crippen LogP contribution in [0.3, 0.4) is 0 Å². The Balaban J connectivity index is 1.91. The summed E-state index contributed by atoms with van der Waals surface area (Å²) in [5.74, 6) is 3.72. The summed E-state index contributed by atoms with van der Waals surface area (Å²) >= 11 is 0. The topological polar surface area (TPSA) is 9.23 Å². The van der Waals surface area contributed by atoms with Gasteiger partial charge in [-0.05, 0) is 49.1 Å². The number of aryl methyl sites for hydroxylation is 1. The van der Waals surface area contributed by atoms with E-state index in [0.29, 0.717) is 6.61 Å². The predicted molar refractivity (Wildman–Crippen MR) is 121 cm³/mol. The number of unbranched alkanes of at least 4 members (excludes halogenated alkanes) is 7. The van der Waals surface area contributed by atoms with Gasteiger partial charge in [0.25, 0.3) is 0 Å². The molecule has 0 aliphatic rings. The first-order chi connectivity index (χ1) is 14.7. The van der Waals surface area contributed by atoms with E-state index in [1.807, 2.05) is 12.1 Å². The Bertz CT molecular complexity index is 815. The molecule has 0 amide bonds. The molecule has 2 rings (SSSR count). The molecule has 0 saturated heterocycles. The van der Waals surface area contributed by atoms with Gasteiger partial charge in [-0.1, -0.05) is 82.8 Å². The number of benzene rings is 2. The van der Waals surface area contributed by atoms with Crippen molar-refractivity contribution in [3.05, 3.63) is 64.7 Å². The molecule has 0 spiro atoms. The molecule has 0 aliphatic heterocycles. The Hall–Kier alpha value is -2.34. The molecule has 30 heavy (non-hydrogen) atoms. The van der Waals surface area contributed by atoms with E-state index >= 15 is 0 Å². The zero-order valence-electron chi connectivity index (χ0n) is 18.4. The predicted octanol–water partition coefficient (Wildman–Crippen LogP) is 7.84. The second-order valence-corrected chi connectivity index (χ2v) is 7.76. The summed E-state index contributed by atoms with van der Waals surface area (Å²) in [4.78, 5) is 0. The largest absolute Gasteiger partial charge is 0.490 e. The number of hydrogen-bond acceptors (Lipinski definition) is 1. The third-order valence-corrected chi connectivity index (χ3v) is 5.17. The smallest absolute Gasteiger partial charge is 0.201 e. The van der Waals surface area contributed by atoms with Crippen LogP contribution in [-0.2, 0) is 6.42 Å². The molecule has 0 aliphatic carbocycles. The fourth-order valence-corrected chi connectivity index (χ4v) is 3.28. The molecule has 0 heterocycles. The first kappa shape index (κ1) is 23.9. The van der Waals surface area contributed by atoms with Gasteiger partial charge in [0.2, 0.25) is 5.82 Å². The SMILES string of the molecule is CCCCCCCc1ccc(C#Cc2ccc(OCCCCCC)c(F)c2F)cc1. The lowest BCUT2D eigenvalue weighted by Crippen LogP contribution is -2.01. The van der Waals surface area contributed by atoms with Crippen LogP contribution >= 0.6 is 0 Å². The molecule has 162 valence electrons. The van der Waals surface area contributed by atoms with Crippen LogP contribution in [0.25, 0.3) is 0 Å². The van der Waals surface area contributed by atoms with E-state index in [-0.39, 0.29) is 11.3 Å². The average molecular weight is 413 g/mol. The normalized spacial score (nSPS) is 10.5. The minimum absolute atomic E-state index is 0.0437. The minimum atomic E-state index is -0.962. The van der Waals surface area contributed by atoms with Crippen molar-refractivity contribution < 1.29 is 13.5 Å². The van der Waals surface area contributed by atoms with Crippen molar-refractivity contribution >= 4 is 0 Å². The van der Waals surface area contributed by atoms with Crippen LogP contribution in [0.15, 0.2) is 36.4 Å². The Labute approximate surface area is 180 Å². The maximum Gasteiger partial charge on any atom is 0.201 e. The molecular weight excluding hydrogens is 378 g/mol. The lowest BCUT2D eigenvalue weighted by Gasteiger charge is -2.08. The van der Waals surface area contributed by atoms with Crippen molar-refractivity contribution in [2.24, 2.45) is 0 Å². The van der Waals surface area contributed by atoms with E-state index in [0.717, 1.165) is 37.7 Å². The van der Waals surface area contributed by atoms with E-state index in [4.69, 9.17) is 4.74 Å². The van der Waals surface area contributed by atoms with E-state index in [1.54, 1.807) is 0 Å². The Morgan fingerprint density at radius 2 is 1.37 bits per heavy atom. The number of rotatable bonds is 12. The number of halogens is 2. The van der Waals surface area contributed by atoms with Crippen LogP contribution in [0.5, 0.6) is 5.75 Å². The maximum atomic E-state index is 14.3. The molecule has 1 nitrogen and oxygen atoms in total. The molecular formula is C27H34F2O. The van der Waals surface area contributed by atoms with Gasteiger partial charge in [0.05, 0.1) is 12.2 Å². The standard InChI is InChI=1S/C27H34F2O/c1-3-5-7-9-10-12-22-13-15-23(16-14-22)17-18-24-19-20-25(27(29)26(24)28)30-21-11-8-6-4-2/h13-16,19-20H,3-12,21H2,1-2H3. The van der Waals surface area contributed by atoms with Crippen LogP contribution in [0, 0.1) is 23.5 Å². The zero-order valence-corrected chi connectivity index (χ0v) is 18.4. The molecule has 0 N–H and O–H groups in total. The Kier molecular flexibility index (Phi) is 11.0. The quantitative estimate of drug-likeness (QED) is 0.255. The van der Waals surface area contributed by atoms with Gasteiger partial charge in [-0.15, -0.1) is 0 Å². The highest BCUT2D eigenvalue weighted by molar-refractivity contribution is 5.46. The van der Waals surface area contributed by atoms with Gasteiger partial charge in [-0.3, -0.25) is 0 Å². The molecule has 0 bridgehead atoms. The van der Waals surface area contributed by atoms with Crippen molar-refractivity contribution in [2.45, 2.75) is 78.1 Å². The first-order valence-electron chi connectivity index (χ1n) is 11.4. The molecule has 0 atom stereocenters. The first-order valence-corrected chi connectivity index (χ1v) is 11.4. The van der Waals surface area contributed by atoms with Crippen LogP contribution in [0.2, 0.25) is 0 Å². The highest BCUT2D eigenvalue weighted by atomic mass is 19.2. The van der Waals surface area contributed by atoms with E-state index < -0.39 is 11.6 Å². The Morgan fingerprint density at radius 1 is 0.700 bits per heavy atom. The minimum Gasteiger partial charge on any atom is -0.490 e. The average Bonchev–Trinajstić information content (AvgIpc) is 2.76. The summed E-state index contributed by atoms with van der Waals surface area (Å²) < 4.78 is 34.0. The van der Waals surface area contributed by atoms with Gasteiger partial charge in [-0.25, -0.2) is 4.39 Å². The highest BCUT2D eigenvalue weighted by Crippen LogP contribution is 2.23. The number of ether oxygens (including phenoxy) is 1. The molecule has 3 heteroatoms. The van der Waals surface area contributed by atoms with E-state index in [1.165, 1.54) is 49.8 Å². The van der Waals surface area contributed by atoms with Crippen LogP contribution < -0.4 is 4.74 Å². The molecule has 2 aromatic carbocycles. The summed E-state index contributed by atoms with van der Waals surface area (Å²) in [6.07, 6.45) is 11.5. The van der Waals surface area contributed by atoms with Gasteiger partial charge in [0, 0.05) is 5.56 Å². The Morgan fingerprint density at radius 3 is 2.07 bits per heavy atom. The summed E-state index contributed by atoms with van der Waals surface area (Å²) in [5, 5.41) is 0. The third kappa shape index (κ3) is 8.19. The van der Waals surface area contributed by atoms with Crippen LogP contribution in [0.1, 0.15) is 88.3 Å². The van der Waals surface area contributed by atoms with E-state index in [2.05, 4.69) is 37.8 Å². The molecule has 0 unspecified atom stereocenters. The van der Waals surface area contributed by atoms with Crippen molar-refractivity contribution in [2.75, 3.05) is 6.61 Å². The summed E-state index contributed by atoms with van der Waals surface area (Å²) in [7, 11) is 0. The number of hydrogen-bond donors (Lipinski definition) is 0. The van der Waals surface area contributed by atoms with Crippen molar-refractivity contribution in [1.29, 1.82) is 0 Å². The van der Waals surface area contributed by atoms with Gasteiger partial charge in [-0.2, -0.15) is 4.39 Å². The lowest BCUT2D eigenvalue weighted by atomic mass is 10.0. The fourth-order valence-electron chi connectivity index (χ4n) is 3.28. The monoisotopic (exact) mass is 412 g/mol. The molecule has 0 radical (unpaired) electrons. The van der Waals surface area contributed by atoms with Crippen LogP contribution in [0.4, 0.5) is 8.78 Å². The highest BCUT2D eigenvalue weighted by Gasteiger charge is 2.13. The second kappa shape index (κ2) is 13.8. The molecule has 0 fully saturated rings. The summed E-state index contributed by atoms with van der Waals surface area (Å²) in [5.41, 5.74) is 2.13. The summed E-state index contributed by atoms with van der Waals surface area (Å²) in [6.45, 7) is 4.74. The fraction of sp³-hybridized carbons (Fsp3) is 0.481. The molecule has 0 saturated carbocycles. The molecule has 0 aromatic heterocycles. The maximum absolute atomic E-state index is 14.3. The van der Waals surface area contributed by atoms with E-state index in [9.17, 15) is 8.78 Å². The van der Waals surface area contributed by atoms with Crippen molar-refractivity contribution in [3.63, 3.8) is 0 Å². The lowest BCUT2D eigenvalue weighted by molar-refractivity contribution is 0.285. The van der Waals surface area contributed by atoms with Crippen molar-refractivity contribution in [1.82, 2.24) is 0 Å². The second-order valence-electron chi connectivity index (χ2n) is 7.76. The van der Waals surface area contributed by atoms with Crippen molar-refractivity contribution in [3.8, 4) is 17.6 Å². The van der Waals surface area contributed by atoms with Gasteiger partial charge in [0.1, 0.15) is 0 Å². The van der Waals surface area contributed by atoms with Gasteiger partial charge < -0.3 is 4.74 Å².